The number of hydrogen-bond acceptors (Lipinski definition) is 6. The number of carbonyl (C=O) groups excluding carboxylic acids is 1. The highest BCUT2D eigenvalue weighted by Crippen LogP contribution is 2.36. The van der Waals surface area contributed by atoms with Gasteiger partial charge in [0.05, 0.1) is 25.7 Å². The minimum absolute atomic E-state index is 0.0907. The van der Waals surface area contributed by atoms with Crippen LogP contribution in [0.4, 0.5) is 0 Å². The number of carbonyl (C=O) groups is 1. The van der Waals surface area contributed by atoms with E-state index in [-0.39, 0.29) is 24.5 Å². The van der Waals surface area contributed by atoms with Crippen molar-refractivity contribution in [3.05, 3.63) is 0 Å². The van der Waals surface area contributed by atoms with E-state index in [0.717, 1.165) is 12.8 Å². The minimum atomic E-state index is -0.625. The molecule has 0 unspecified atom stereocenters. The molecule has 2 saturated heterocycles. The van der Waals surface area contributed by atoms with Crippen molar-refractivity contribution >= 4 is 5.97 Å². The van der Waals surface area contributed by atoms with Gasteiger partial charge in [-0.05, 0) is 19.3 Å². The van der Waals surface area contributed by atoms with E-state index in [2.05, 4.69) is 4.74 Å². The number of rotatable bonds is 4. The summed E-state index contributed by atoms with van der Waals surface area (Å²) in [6.07, 6.45) is 2.04. The number of hydrogen-bond donors (Lipinski definition) is 1. The van der Waals surface area contributed by atoms with E-state index >= 15 is 0 Å². The molecule has 18 heavy (non-hydrogen) atoms. The summed E-state index contributed by atoms with van der Waals surface area (Å²) in [4.78, 5) is 17.0. The lowest BCUT2D eigenvalue weighted by Crippen LogP contribution is -2.34. The maximum absolute atomic E-state index is 11.4. The number of nitrogens with zero attached hydrogens (tertiary/aromatic N) is 2. The number of fused-ring (bicyclic) bond motifs is 1. The number of methoxy groups -OCH3 is 1. The van der Waals surface area contributed by atoms with Crippen molar-refractivity contribution in [1.82, 2.24) is 5.06 Å². The van der Waals surface area contributed by atoms with Crippen LogP contribution in [-0.2, 0) is 14.4 Å². The lowest BCUT2D eigenvalue weighted by Gasteiger charge is -2.24. The Kier molecular flexibility index (Phi) is 4.17. The van der Waals surface area contributed by atoms with Crippen LogP contribution in [0.25, 0.3) is 0 Å². The number of esters is 1. The molecule has 4 atom stereocenters. The molecule has 0 aromatic rings. The molecule has 0 bridgehead atoms. The molecule has 2 rings (SSSR count). The van der Waals surface area contributed by atoms with Gasteiger partial charge in [0.2, 0.25) is 0 Å². The second-order valence-electron chi connectivity index (χ2n) is 4.85. The van der Waals surface area contributed by atoms with Gasteiger partial charge in [-0.1, -0.05) is 0 Å². The summed E-state index contributed by atoms with van der Waals surface area (Å²) < 4.78 is 4.67. The third-order valence-corrected chi connectivity index (χ3v) is 3.62. The topological polar surface area (TPSA) is 82.8 Å². The molecule has 0 aromatic heterocycles. The van der Waals surface area contributed by atoms with E-state index in [9.17, 15) is 9.90 Å². The van der Waals surface area contributed by atoms with Crippen molar-refractivity contribution in [2.75, 3.05) is 7.11 Å². The highest BCUT2D eigenvalue weighted by atomic mass is 16.7. The maximum Gasteiger partial charge on any atom is 0.337 e. The zero-order valence-electron chi connectivity index (χ0n) is 10.4. The average molecular weight is 254 g/mol. The van der Waals surface area contributed by atoms with Crippen LogP contribution >= 0.6 is 0 Å². The van der Waals surface area contributed by atoms with Crippen molar-refractivity contribution in [2.24, 2.45) is 0 Å². The molecule has 0 aliphatic carbocycles. The first-order valence-corrected chi connectivity index (χ1v) is 6.23. The van der Waals surface area contributed by atoms with Crippen molar-refractivity contribution in [3.8, 4) is 6.07 Å². The van der Waals surface area contributed by atoms with E-state index in [4.69, 9.17) is 10.1 Å². The fourth-order valence-corrected chi connectivity index (χ4v) is 2.76. The number of aliphatic hydroxyl groups excluding tert-OH is 1. The number of hydroxylamine groups is 2. The Hall–Kier alpha value is -1.16. The summed E-state index contributed by atoms with van der Waals surface area (Å²) in [5.74, 6) is -0.347. The molecule has 1 N–H and O–H groups in total. The second-order valence-corrected chi connectivity index (χ2v) is 4.85. The molecular formula is C12H18N2O4. The Morgan fingerprint density at radius 2 is 2.44 bits per heavy atom. The van der Waals surface area contributed by atoms with Crippen molar-refractivity contribution in [3.63, 3.8) is 0 Å². The lowest BCUT2D eigenvalue weighted by atomic mass is 10.0. The van der Waals surface area contributed by atoms with E-state index in [1.54, 1.807) is 0 Å². The number of nitriles is 1. The first-order valence-electron chi connectivity index (χ1n) is 6.23. The Labute approximate surface area is 106 Å². The predicted molar refractivity (Wildman–Crippen MR) is 61.0 cm³/mol. The summed E-state index contributed by atoms with van der Waals surface area (Å²) >= 11 is 0. The Bertz CT molecular complexity index is 354. The molecule has 2 aliphatic heterocycles. The third kappa shape index (κ3) is 2.64. The molecule has 2 heterocycles. The highest BCUT2D eigenvalue weighted by molar-refractivity contribution is 5.74. The van der Waals surface area contributed by atoms with Gasteiger partial charge in [-0.15, -0.1) is 0 Å². The standard InChI is InChI=1S/C12H18N2O4/c1-17-12(16)11-7-9-3-2-8(14(9)18-11)6-10(15)4-5-13/h8-11,15H,2-4,6-7H2,1H3/t8-,9+,10+,11+/m1/s1. The van der Waals surface area contributed by atoms with Gasteiger partial charge in [0, 0.05) is 18.5 Å². The van der Waals surface area contributed by atoms with E-state index in [0.29, 0.717) is 12.8 Å². The van der Waals surface area contributed by atoms with E-state index in [1.165, 1.54) is 7.11 Å². The Morgan fingerprint density at radius 3 is 3.11 bits per heavy atom. The first kappa shape index (κ1) is 13.3. The molecule has 0 spiro atoms. The Morgan fingerprint density at radius 1 is 1.67 bits per heavy atom. The molecule has 0 aromatic carbocycles. The summed E-state index contributed by atoms with van der Waals surface area (Å²) in [7, 11) is 1.35. The molecule has 6 nitrogen and oxygen atoms in total. The molecule has 0 saturated carbocycles. The fraction of sp³-hybridized carbons (Fsp3) is 0.833. The maximum atomic E-state index is 11.4. The zero-order valence-corrected chi connectivity index (χ0v) is 10.4. The average Bonchev–Trinajstić information content (AvgIpc) is 2.90. The molecule has 100 valence electrons. The monoisotopic (exact) mass is 254 g/mol. The minimum Gasteiger partial charge on any atom is -0.467 e. The molecule has 2 aliphatic rings. The quantitative estimate of drug-likeness (QED) is 0.729. The molecule has 6 heteroatoms. The van der Waals surface area contributed by atoms with Crippen LogP contribution in [0.2, 0.25) is 0 Å². The Balaban J connectivity index is 1.90. The third-order valence-electron chi connectivity index (χ3n) is 3.62. The normalized spacial score (nSPS) is 32.8. The number of aliphatic hydroxyl groups is 1. The molecule has 2 fully saturated rings. The smallest absolute Gasteiger partial charge is 0.337 e. The number of ether oxygens (including phenoxy) is 1. The molecular weight excluding hydrogens is 236 g/mol. The van der Waals surface area contributed by atoms with Gasteiger partial charge in [0.15, 0.2) is 6.10 Å². The van der Waals surface area contributed by atoms with Crippen LogP contribution in [0.5, 0.6) is 0 Å². The predicted octanol–water partition coefficient (Wildman–Crippen LogP) is 0.361. The van der Waals surface area contributed by atoms with Crippen LogP contribution < -0.4 is 0 Å². The fourth-order valence-electron chi connectivity index (χ4n) is 2.76. The summed E-state index contributed by atoms with van der Waals surface area (Å²) in [5.41, 5.74) is 0. The highest BCUT2D eigenvalue weighted by Gasteiger charge is 2.45. The summed E-state index contributed by atoms with van der Waals surface area (Å²) in [5, 5.41) is 20.0. The largest absolute Gasteiger partial charge is 0.467 e. The molecule has 0 radical (unpaired) electrons. The summed E-state index contributed by atoms with van der Waals surface area (Å²) in [6, 6.07) is 2.27. The van der Waals surface area contributed by atoms with Crippen LogP contribution in [0.3, 0.4) is 0 Å². The van der Waals surface area contributed by atoms with Gasteiger partial charge in [-0.3, -0.25) is 4.84 Å². The zero-order chi connectivity index (χ0) is 13.1. The van der Waals surface area contributed by atoms with Crippen molar-refractivity contribution in [1.29, 1.82) is 5.26 Å². The van der Waals surface area contributed by atoms with Crippen molar-refractivity contribution in [2.45, 2.75) is 56.4 Å². The van der Waals surface area contributed by atoms with Crippen molar-refractivity contribution < 1.29 is 19.5 Å². The first-order chi connectivity index (χ1) is 8.65. The van der Waals surface area contributed by atoms with Crippen LogP contribution in [0.1, 0.15) is 32.1 Å². The van der Waals surface area contributed by atoms with Gasteiger partial charge >= 0.3 is 5.97 Å². The van der Waals surface area contributed by atoms with Crippen LogP contribution in [0, 0.1) is 11.3 Å². The van der Waals surface area contributed by atoms with Crippen LogP contribution in [0.15, 0.2) is 0 Å². The van der Waals surface area contributed by atoms with E-state index < -0.39 is 12.2 Å². The van der Waals surface area contributed by atoms with Gasteiger partial charge in [0.1, 0.15) is 0 Å². The van der Waals surface area contributed by atoms with Gasteiger partial charge < -0.3 is 9.84 Å². The summed E-state index contributed by atoms with van der Waals surface area (Å²) in [6.45, 7) is 0. The van der Waals surface area contributed by atoms with Gasteiger partial charge in [-0.2, -0.15) is 10.3 Å². The van der Waals surface area contributed by atoms with E-state index in [1.807, 2.05) is 11.1 Å². The lowest BCUT2D eigenvalue weighted by molar-refractivity contribution is -0.195. The molecule has 0 amide bonds. The van der Waals surface area contributed by atoms with Gasteiger partial charge in [-0.25, -0.2) is 4.79 Å². The SMILES string of the molecule is COC(=O)[C@@H]1C[C@@H]2CC[C@H](C[C@@H](O)CC#N)N2O1. The second kappa shape index (κ2) is 5.65. The van der Waals surface area contributed by atoms with Crippen LogP contribution in [-0.4, -0.2) is 47.5 Å². The van der Waals surface area contributed by atoms with Gasteiger partial charge in [0.25, 0.3) is 0 Å².